The molecule has 2 atom stereocenters. The largest absolute Gasteiger partial charge is 0.372 e. The molecular weight excluding hydrogens is 346 g/mol. The molecule has 0 radical (unpaired) electrons. The van der Waals surface area contributed by atoms with E-state index >= 15 is 0 Å². The van der Waals surface area contributed by atoms with Crippen molar-refractivity contribution < 1.29 is 9.47 Å². The predicted octanol–water partition coefficient (Wildman–Crippen LogP) is -0.655. The average molecular weight is 377 g/mol. The van der Waals surface area contributed by atoms with Gasteiger partial charge in [-0.15, -0.1) is 0 Å². The third-order valence-electron chi connectivity index (χ3n) is 5.82. The Morgan fingerprint density at radius 2 is 1.52 bits per heavy atom. The van der Waals surface area contributed by atoms with Crippen LogP contribution >= 0.6 is 0 Å². The van der Waals surface area contributed by atoms with Gasteiger partial charge in [-0.25, -0.2) is 0 Å². The van der Waals surface area contributed by atoms with E-state index in [4.69, 9.17) is 15.2 Å². The van der Waals surface area contributed by atoms with Gasteiger partial charge >= 0.3 is 0 Å². The molecule has 3 saturated heterocycles. The summed E-state index contributed by atoms with van der Waals surface area (Å²) >= 11 is 0. The average Bonchev–Trinajstić information content (AvgIpc) is 2.94. The third-order valence-corrected chi connectivity index (χ3v) is 5.82. The van der Waals surface area contributed by atoms with E-state index in [1.54, 1.807) is 0 Å². The summed E-state index contributed by atoms with van der Waals surface area (Å²) in [7, 11) is 6.27. The maximum atomic E-state index is 6.14. The normalized spacial score (nSPS) is 27.9. The second kappa shape index (κ2) is 7.75. The van der Waals surface area contributed by atoms with Crippen molar-refractivity contribution in [2.75, 3.05) is 89.2 Å². The van der Waals surface area contributed by atoms with Crippen LogP contribution in [0.15, 0.2) is 6.07 Å². The van der Waals surface area contributed by atoms with Gasteiger partial charge in [0, 0.05) is 45.3 Å². The Hall–Kier alpha value is -1.68. The molecule has 3 aliphatic rings. The van der Waals surface area contributed by atoms with Crippen molar-refractivity contribution in [2.24, 2.45) is 0 Å². The lowest BCUT2D eigenvalue weighted by molar-refractivity contribution is -0.00461. The molecule has 0 spiro atoms. The second-order valence-corrected chi connectivity index (χ2v) is 8.00. The Morgan fingerprint density at radius 1 is 0.963 bits per heavy atom. The molecule has 0 amide bonds. The monoisotopic (exact) mass is 377 g/mol. The highest BCUT2D eigenvalue weighted by Crippen LogP contribution is 2.28. The lowest BCUT2D eigenvalue weighted by atomic mass is 10.3. The van der Waals surface area contributed by atoms with Crippen molar-refractivity contribution in [3.8, 4) is 0 Å². The van der Waals surface area contributed by atoms with E-state index in [0.29, 0.717) is 25.2 Å². The number of nitrogens with two attached hydrogens (primary N) is 1. The first-order valence-corrected chi connectivity index (χ1v) is 9.72. The smallest absolute Gasteiger partial charge is 0.223 e. The topological polar surface area (TPSA) is 83.2 Å². The number of likely N-dealkylation sites (N-methyl/N-ethyl adjacent to an activating group) is 2. The molecule has 9 heteroatoms. The number of nitrogen functional groups attached to an aromatic ring is 1. The van der Waals surface area contributed by atoms with Crippen LogP contribution in [0, 0.1) is 0 Å². The number of nitrogens with zero attached hydrogens (tertiary/aromatic N) is 6. The number of hydrogen-bond acceptors (Lipinski definition) is 9. The number of aromatic nitrogens is 2. The summed E-state index contributed by atoms with van der Waals surface area (Å²) in [5.74, 6) is 2.09. The standard InChI is InChI=1S/C18H31N7O2/c1-22(2)13-11-26-14-9-25(10-15(14)27-12-13)17-8-16(20-18(19)21-17)24-6-4-23(3)5-7-24/h8,13-15H,4-7,9-12H2,1-3H3,(H2,19,20,21)/t14-,15-/m0/s1. The molecular formula is C18H31N7O2. The number of anilines is 3. The first-order valence-electron chi connectivity index (χ1n) is 9.72. The van der Waals surface area contributed by atoms with Crippen LogP contribution in [-0.2, 0) is 9.47 Å². The van der Waals surface area contributed by atoms with Crippen molar-refractivity contribution in [2.45, 2.75) is 18.2 Å². The van der Waals surface area contributed by atoms with Gasteiger partial charge in [0.15, 0.2) is 0 Å². The Balaban J connectivity index is 1.45. The van der Waals surface area contributed by atoms with Crippen LogP contribution in [0.3, 0.4) is 0 Å². The van der Waals surface area contributed by atoms with Gasteiger partial charge in [-0.2, -0.15) is 9.97 Å². The fourth-order valence-corrected chi connectivity index (χ4v) is 3.87. The van der Waals surface area contributed by atoms with E-state index in [1.807, 2.05) is 0 Å². The fourth-order valence-electron chi connectivity index (χ4n) is 3.87. The second-order valence-electron chi connectivity index (χ2n) is 8.00. The molecule has 4 rings (SSSR count). The number of ether oxygens (including phenoxy) is 2. The summed E-state index contributed by atoms with van der Waals surface area (Å²) in [4.78, 5) is 17.9. The highest BCUT2D eigenvalue weighted by molar-refractivity contribution is 5.55. The zero-order valence-corrected chi connectivity index (χ0v) is 16.5. The summed E-state index contributed by atoms with van der Waals surface area (Å²) in [5, 5.41) is 0. The summed E-state index contributed by atoms with van der Waals surface area (Å²) < 4.78 is 12.3. The van der Waals surface area contributed by atoms with Gasteiger partial charge < -0.3 is 34.8 Å². The Labute approximate surface area is 161 Å². The van der Waals surface area contributed by atoms with Gasteiger partial charge in [0.05, 0.1) is 19.3 Å². The van der Waals surface area contributed by atoms with E-state index in [-0.39, 0.29) is 12.2 Å². The molecule has 9 nitrogen and oxygen atoms in total. The van der Waals surface area contributed by atoms with E-state index in [0.717, 1.165) is 50.9 Å². The minimum atomic E-state index is 0.0678. The molecule has 0 unspecified atom stereocenters. The molecule has 150 valence electrons. The van der Waals surface area contributed by atoms with Crippen molar-refractivity contribution >= 4 is 17.6 Å². The van der Waals surface area contributed by atoms with Crippen molar-refractivity contribution in [3.05, 3.63) is 6.07 Å². The molecule has 3 aliphatic heterocycles. The number of rotatable bonds is 3. The summed E-state index contributed by atoms with van der Waals surface area (Å²) in [6, 6.07) is 2.36. The fraction of sp³-hybridized carbons (Fsp3) is 0.778. The zero-order valence-electron chi connectivity index (χ0n) is 16.5. The molecule has 4 heterocycles. The molecule has 0 bridgehead atoms. The summed E-state index contributed by atoms with van der Waals surface area (Å²) in [6.45, 7) is 6.89. The minimum Gasteiger partial charge on any atom is -0.372 e. The third kappa shape index (κ3) is 4.11. The van der Waals surface area contributed by atoms with Crippen LogP contribution in [0.5, 0.6) is 0 Å². The van der Waals surface area contributed by atoms with E-state index in [2.05, 4.69) is 56.8 Å². The van der Waals surface area contributed by atoms with Gasteiger partial charge in [-0.1, -0.05) is 0 Å². The predicted molar refractivity (Wildman–Crippen MR) is 105 cm³/mol. The minimum absolute atomic E-state index is 0.0678. The molecule has 0 saturated carbocycles. The SMILES string of the molecule is CN1CCN(c2cc(N3C[C@@H]4OCC(N(C)C)CO[C@H]4C3)nc(N)n2)CC1. The Kier molecular flexibility index (Phi) is 5.36. The summed E-state index contributed by atoms with van der Waals surface area (Å²) in [6.07, 6.45) is 0.136. The van der Waals surface area contributed by atoms with Crippen LogP contribution < -0.4 is 15.5 Å². The zero-order chi connectivity index (χ0) is 19.0. The molecule has 27 heavy (non-hydrogen) atoms. The van der Waals surface area contributed by atoms with Crippen LogP contribution in [-0.4, -0.2) is 112 Å². The van der Waals surface area contributed by atoms with Crippen LogP contribution in [0.1, 0.15) is 0 Å². The van der Waals surface area contributed by atoms with Crippen molar-refractivity contribution in [1.29, 1.82) is 0 Å². The number of piperazine rings is 1. The molecule has 2 N–H and O–H groups in total. The van der Waals surface area contributed by atoms with E-state index in [1.165, 1.54) is 0 Å². The lowest BCUT2D eigenvalue weighted by Crippen LogP contribution is -2.45. The molecule has 0 aliphatic carbocycles. The molecule has 1 aromatic heterocycles. The van der Waals surface area contributed by atoms with Gasteiger partial charge in [-0.05, 0) is 21.1 Å². The first-order chi connectivity index (χ1) is 13.0. The number of hydrogen-bond donors (Lipinski definition) is 1. The van der Waals surface area contributed by atoms with Gasteiger partial charge in [-0.3, -0.25) is 0 Å². The summed E-state index contributed by atoms with van der Waals surface area (Å²) in [5.41, 5.74) is 6.03. The molecule has 3 fully saturated rings. The number of fused-ring (bicyclic) bond motifs is 1. The molecule has 0 aromatic carbocycles. The van der Waals surface area contributed by atoms with Crippen LogP contribution in [0.2, 0.25) is 0 Å². The lowest BCUT2D eigenvalue weighted by Gasteiger charge is -2.33. The van der Waals surface area contributed by atoms with Crippen molar-refractivity contribution in [1.82, 2.24) is 19.8 Å². The van der Waals surface area contributed by atoms with E-state index < -0.39 is 0 Å². The Morgan fingerprint density at radius 3 is 2.07 bits per heavy atom. The van der Waals surface area contributed by atoms with Crippen LogP contribution in [0.25, 0.3) is 0 Å². The quantitative estimate of drug-likeness (QED) is 0.738. The van der Waals surface area contributed by atoms with E-state index in [9.17, 15) is 0 Å². The first kappa shape index (κ1) is 18.7. The highest BCUT2D eigenvalue weighted by atomic mass is 16.6. The highest BCUT2D eigenvalue weighted by Gasteiger charge is 2.38. The van der Waals surface area contributed by atoms with Gasteiger partial charge in [0.1, 0.15) is 23.8 Å². The molecule has 1 aromatic rings. The van der Waals surface area contributed by atoms with Crippen molar-refractivity contribution in [3.63, 3.8) is 0 Å². The maximum Gasteiger partial charge on any atom is 0.223 e. The Bertz CT molecular complexity index is 635. The van der Waals surface area contributed by atoms with Gasteiger partial charge in [0.25, 0.3) is 0 Å². The maximum absolute atomic E-state index is 6.14. The van der Waals surface area contributed by atoms with Crippen LogP contribution in [0.4, 0.5) is 17.6 Å². The van der Waals surface area contributed by atoms with Gasteiger partial charge in [0.2, 0.25) is 5.95 Å².